The summed E-state index contributed by atoms with van der Waals surface area (Å²) >= 11 is 12.4. The number of hydrogen-bond donors (Lipinski definition) is 0. The number of rotatable bonds is 6. The monoisotopic (exact) mass is 395 g/mol. The molecule has 0 fully saturated rings. The van der Waals surface area contributed by atoms with Crippen molar-refractivity contribution in [2.75, 3.05) is 0 Å². The van der Waals surface area contributed by atoms with Crippen LogP contribution in [0.15, 0.2) is 84.9 Å². The average molecular weight is 396 g/mol. The molecule has 0 saturated heterocycles. The first-order valence-corrected chi connectivity index (χ1v) is 9.38. The minimum atomic E-state index is -0.0984. The molecule has 0 heterocycles. The van der Waals surface area contributed by atoms with Gasteiger partial charge in [-0.25, -0.2) is 0 Å². The molecule has 0 unspecified atom stereocenters. The van der Waals surface area contributed by atoms with Gasteiger partial charge in [-0.2, -0.15) is 0 Å². The van der Waals surface area contributed by atoms with E-state index in [4.69, 9.17) is 23.2 Å². The highest BCUT2D eigenvalue weighted by Crippen LogP contribution is 2.25. The normalized spacial score (nSPS) is 10.9. The second kappa shape index (κ2) is 9.40. The third-order valence-corrected chi connectivity index (χ3v) is 4.80. The Kier molecular flexibility index (Phi) is 6.69. The largest absolute Gasteiger partial charge is 0.331 e. The summed E-state index contributed by atoms with van der Waals surface area (Å²) in [7, 11) is 0. The first-order chi connectivity index (χ1) is 13.1. The smallest absolute Gasteiger partial charge is 0.247 e. The molecule has 136 valence electrons. The van der Waals surface area contributed by atoms with E-state index in [1.165, 1.54) is 6.08 Å². The molecule has 27 heavy (non-hydrogen) atoms. The molecule has 0 atom stereocenters. The van der Waals surface area contributed by atoms with E-state index in [-0.39, 0.29) is 5.91 Å². The summed E-state index contributed by atoms with van der Waals surface area (Å²) in [6.07, 6.45) is 3.20. The maximum absolute atomic E-state index is 12.9. The summed E-state index contributed by atoms with van der Waals surface area (Å²) in [5, 5.41) is 1.04. The minimum Gasteiger partial charge on any atom is -0.331 e. The van der Waals surface area contributed by atoms with Crippen molar-refractivity contribution in [1.82, 2.24) is 4.90 Å². The Balaban J connectivity index is 1.82. The standard InChI is InChI=1S/C23H19Cl2NO/c24-21-12-7-13-22(25)20(21)14-15-23(27)26(16-18-8-3-1-4-9-18)17-19-10-5-2-6-11-19/h1-15H,16-17H2. The molecule has 3 aromatic carbocycles. The van der Waals surface area contributed by atoms with Crippen molar-refractivity contribution in [2.24, 2.45) is 0 Å². The molecule has 0 aliphatic carbocycles. The average Bonchev–Trinajstić information content (AvgIpc) is 2.68. The van der Waals surface area contributed by atoms with Crippen LogP contribution in [0.25, 0.3) is 6.08 Å². The Hall–Kier alpha value is -2.55. The van der Waals surface area contributed by atoms with Gasteiger partial charge >= 0.3 is 0 Å². The molecule has 0 N–H and O–H groups in total. The first kappa shape index (κ1) is 19.2. The van der Waals surface area contributed by atoms with Gasteiger partial charge in [0.25, 0.3) is 0 Å². The van der Waals surface area contributed by atoms with Crippen molar-refractivity contribution >= 4 is 35.2 Å². The van der Waals surface area contributed by atoms with Crippen LogP contribution in [0.5, 0.6) is 0 Å². The van der Waals surface area contributed by atoms with Gasteiger partial charge < -0.3 is 4.90 Å². The van der Waals surface area contributed by atoms with E-state index in [0.717, 1.165) is 11.1 Å². The summed E-state index contributed by atoms with van der Waals surface area (Å²) in [6, 6.07) is 25.2. The fourth-order valence-corrected chi connectivity index (χ4v) is 3.27. The molecule has 0 spiro atoms. The Morgan fingerprint density at radius 2 is 1.22 bits per heavy atom. The molecular weight excluding hydrogens is 377 g/mol. The summed E-state index contributed by atoms with van der Waals surface area (Å²) in [4.78, 5) is 14.7. The Morgan fingerprint density at radius 1 is 0.741 bits per heavy atom. The van der Waals surface area contributed by atoms with Gasteiger partial charge in [-0.3, -0.25) is 4.79 Å². The van der Waals surface area contributed by atoms with E-state index in [9.17, 15) is 4.79 Å². The van der Waals surface area contributed by atoms with E-state index < -0.39 is 0 Å². The predicted octanol–water partition coefficient (Wildman–Crippen LogP) is 6.24. The Bertz CT molecular complexity index is 862. The van der Waals surface area contributed by atoms with Gasteiger partial charge in [-0.15, -0.1) is 0 Å². The van der Waals surface area contributed by atoms with Crippen molar-refractivity contribution < 1.29 is 4.79 Å². The van der Waals surface area contributed by atoms with Crippen LogP contribution in [-0.4, -0.2) is 10.8 Å². The van der Waals surface area contributed by atoms with Crippen LogP contribution in [0.3, 0.4) is 0 Å². The van der Waals surface area contributed by atoms with E-state index in [1.54, 1.807) is 29.2 Å². The lowest BCUT2D eigenvalue weighted by molar-refractivity contribution is -0.127. The third kappa shape index (κ3) is 5.46. The topological polar surface area (TPSA) is 20.3 Å². The second-order valence-corrected chi connectivity index (χ2v) is 6.95. The lowest BCUT2D eigenvalue weighted by atomic mass is 10.1. The van der Waals surface area contributed by atoms with Crippen molar-refractivity contribution in [3.8, 4) is 0 Å². The number of amides is 1. The molecule has 4 heteroatoms. The number of nitrogens with zero attached hydrogens (tertiary/aromatic N) is 1. The number of halogens is 2. The molecule has 0 bridgehead atoms. The number of benzene rings is 3. The van der Waals surface area contributed by atoms with Crippen molar-refractivity contribution in [1.29, 1.82) is 0 Å². The maximum Gasteiger partial charge on any atom is 0.247 e. The van der Waals surface area contributed by atoms with E-state index in [1.807, 2.05) is 60.7 Å². The van der Waals surface area contributed by atoms with Gasteiger partial charge in [0, 0.05) is 34.8 Å². The Labute approximate surface area is 169 Å². The fraction of sp³-hybridized carbons (Fsp3) is 0.0870. The van der Waals surface area contributed by atoms with Crippen molar-refractivity contribution in [2.45, 2.75) is 13.1 Å². The quantitative estimate of drug-likeness (QED) is 0.452. The zero-order valence-corrected chi connectivity index (χ0v) is 16.2. The summed E-state index contributed by atoms with van der Waals surface area (Å²) in [5.41, 5.74) is 2.80. The zero-order valence-electron chi connectivity index (χ0n) is 14.7. The van der Waals surface area contributed by atoms with E-state index in [0.29, 0.717) is 28.7 Å². The molecule has 0 aliphatic heterocycles. The van der Waals surface area contributed by atoms with Gasteiger partial charge in [0.15, 0.2) is 0 Å². The molecule has 0 aliphatic rings. The highest BCUT2D eigenvalue weighted by molar-refractivity contribution is 6.37. The van der Waals surface area contributed by atoms with Gasteiger partial charge in [-0.1, -0.05) is 89.9 Å². The third-order valence-electron chi connectivity index (χ3n) is 4.14. The summed E-state index contributed by atoms with van der Waals surface area (Å²) < 4.78 is 0. The minimum absolute atomic E-state index is 0.0984. The molecule has 3 aromatic rings. The van der Waals surface area contributed by atoms with Crippen molar-refractivity contribution in [3.63, 3.8) is 0 Å². The maximum atomic E-state index is 12.9. The van der Waals surface area contributed by atoms with Crippen LogP contribution in [0.2, 0.25) is 10.0 Å². The van der Waals surface area contributed by atoms with Crippen LogP contribution in [0, 0.1) is 0 Å². The highest BCUT2D eigenvalue weighted by Gasteiger charge is 2.13. The number of hydrogen-bond acceptors (Lipinski definition) is 1. The zero-order chi connectivity index (χ0) is 19.1. The van der Waals surface area contributed by atoms with Crippen LogP contribution in [0.1, 0.15) is 16.7 Å². The molecule has 0 saturated carbocycles. The van der Waals surface area contributed by atoms with Gasteiger partial charge in [-0.05, 0) is 29.3 Å². The molecule has 2 nitrogen and oxygen atoms in total. The lowest BCUT2D eigenvalue weighted by Crippen LogP contribution is -2.28. The molecule has 3 rings (SSSR count). The first-order valence-electron chi connectivity index (χ1n) is 8.62. The van der Waals surface area contributed by atoms with Gasteiger partial charge in [0.2, 0.25) is 5.91 Å². The Morgan fingerprint density at radius 3 is 1.70 bits per heavy atom. The molecular formula is C23H19Cl2NO. The van der Waals surface area contributed by atoms with Gasteiger partial charge in [0.1, 0.15) is 0 Å². The van der Waals surface area contributed by atoms with Crippen LogP contribution in [0.4, 0.5) is 0 Å². The van der Waals surface area contributed by atoms with Gasteiger partial charge in [0.05, 0.1) is 0 Å². The summed E-state index contributed by atoms with van der Waals surface area (Å²) in [5.74, 6) is -0.0984. The predicted molar refractivity (Wildman–Crippen MR) is 113 cm³/mol. The fourth-order valence-electron chi connectivity index (χ4n) is 2.75. The molecule has 0 aromatic heterocycles. The summed E-state index contributed by atoms with van der Waals surface area (Å²) in [6.45, 7) is 1.05. The number of carbonyl (C=O) groups is 1. The van der Waals surface area contributed by atoms with Crippen LogP contribution < -0.4 is 0 Å². The SMILES string of the molecule is O=C(C=Cc1c(Cl)cccc1Cl)N(Cc1ccccc1)Cc1ccccc1. The van der Waals surface area contributed by atoms with E-state index >= 15 is 0 Å². The lowest BCUT2D eigenvalue weighted by Gasteiger charge is -2.21. The second-order valence-electron chi connectivity index (χ2n) is 6.13. The van der Waals surface area contributed by atoms with Crippen LogP contribution >= 0.6 is 23.2 Å². The highest BCUT2D eigenvalue weighted by atomic mass is 35.5. The number of carbonyl (C=O) groups excluding carboxylic acids is 1. The molecule has 0 radical (unpaired) electrons. The van der Waals surface area contributed by atoms with E-state index in [2.05, 4.69) is 0 Å². The molecule has 1 amide bonds. The van der Waals surface area contributed by atoms with Crippen LogP contribution in [-0.2, 0) is 17.9 Å². The van der Waals surface area contributed by atoms with Crippen molar-refractivity contribution in [3.05, 3.63) is 112 Å².